The van der Waals surface area contributed by atoms with Crippen LogP contribution in [0.4, 0.5) is 0 Å². The predicted octanol–water partition coefficient (Wildman–Crippen LogP) is 15.1. The lowest BCUT2D eigenvalue weighted by molar-refractivity contribution is 0.669. The zero-order valence-corrected chi connectivity index (χ0v) is 33.7. The van der Waals surface area contributed by atoms with E-state index in [1.54, 1.807) is 0 Å². The Morgan fingerprint density at radius 1 is 0.302 bits per heavy atom. The van der Waals surface area contributed by atoms with Gasteiger partial charge in [0.1, 0.15) is 22.3 Å². The molecule has 0 aliphatic carbocycles. The largest absolute Gasteiger partial charge is 0.456 e. The fraction of sp³-hybridized carbons (Fsp3) is 0. The third kappa shape index (κ3) is 5.76. The Hall–Kier alpha value is -8.61. The van der Waals surface area contributed by atoms with Crippen molar-refractivity contribution in [2.24, 2.45) is 0 Å². The quantitative estimate of drug-likeness (QED) is 0.167. The number of aromatic nitrogens is 4. The summed E-state index contributed by atoms with van der Waals surface area (Å²) < 4.78 is 15.5. The Bertz CT molecular complexity index is 3900. The Balaban J connectivity index is 0.947. The van der Waals surface area contributed by atoms with E-state index in [1.807, 2.05) is 30.3 Å². The van der Waals surface area contributed by atoms with Crippen molar-refractivity contribution in [3.63, 3.8) is 0 Å². The monoisotopic (exact) mass is 806 g/mol. The molecule has 0 atom stereocenters. The van der Waals surface area contributed by atoms with Gasteiger partial charge in [0.25, 0.3) is 0 Å². The van der Waals surface area contributed by atoms with Crippen molar-refractivity contribution in [3.05, 3.63) is 206 Å². The smallest absolute Gasteiger partial charge is 0.164 e. The average molecular weight is 807 g/mol. The van der Waals surface area contributed by atoms with Crippen LogP contribution in [-0.2, 0) is 0 Å². The van der Waals surface area contributed by atoms with Gasteiger partial charge < -0.3 is 13.4 Å². The normalized spacial score (nSPS) is 11.8. The third-order valence-corrected chi connectivity index (χ3v) is 12.3. The van der Waals surface area contributed by atoms with Crippen molar-refractivity contribution in [3.8, 4) is 62.1 Å². The van der Waals surface area contributed by atoms with Crippen LogP contribution in [0.2, 0.25) is 0 Å². The summed E-state index contributed by atoms with van der Waals surface area (Å²) in [7, 11) is 0. The average Bonchev–Trinajstić information content (AvgIpc) is 4.03. The number of furan rings is 2. The minimum Gasteiger partial charge on any atom is -0.456 e. The van der Waals surface area contributed by atoms with Crippen LogP contribution in [0.25, 0.3) is 128 Å². The standard InChI is InChI=1S/C57H34N4O2/c1-3-12-35(13-4-1)36-22-24-37(25-23-36)55-58-56(39-27-30-46-45-17-8-10-21-51(45)62-52(46)33-39)60-57(59-55)40-28-31-47-48-19-11-18-42(54(48)63-53(47)34-40)38-26-29-44-43-16-7-9-20-49(43)61(50(44)32-38)41-14-5-2-6-15-41/h1-34H. The Labute approximate surface area is 361 Å². The molecule has 0 aliphatic heterocycles. The molecule has 9 aromatic carbocycles. The highest BCUT2D eigenvalue weighted by atomic mass is 16.3. The number of hydrogen-bond donors (Lipinski definition) is 0. The lowest BCUT2D eigenvalue weighted by Gasteiger charge is -2.09. The SMILES string of the molecule is c1ccc(-c2ccc(-c3nc(-c4ccc5c(c4)oc4ccccc45)nc(-c4ccc5c(c4)oc4c(-c6ccc7c8ccccc8n(-c8ccccc8)c7c6)cccc45)n3)cc2)cc1. The molecule has 0 saturated heterocycles. The number of fused-ring (bicyclic) bond motifs is 9. The van der Waals surface area contributed by atoms with Gasteiger partial charge in [0.15, 0.2) is 17.5 Å². The van der Waals surface area contributed by atoms with Gasteiger partial charge in [0.05, 0.1) is 11.0 Å². The van der Waals surface area contributed by atoms with Gasteiger partial charge in [-0.05, 0) is 71.3 Å². The first-order valence-electron chi connectivity index (χ1n) is 21.1. The van der Waals surface area contributed by atoms with Crippen LogP contribution in [-0.4, -0.2) is 19.5 Å². The molecule has 4 heterocycles. The lowest BCUT2D eigenvalue weighted by atomic mass is 10.0. The van der Waals surface area contributed by atoms with Gasteiger partial charge in [0, 0.05) is 60.3 Å². The summed E-state index contributed by atoms with van der Waals surface area (Å²) in [5.74, 6) is 1.68. The molecule has 6 heteroatoms. The topological polar surface area (TPSA) is 69.9 Å². The molecule has 294 valence electrons. The molecule has 0 fully saturated rings. The highest BCUT2D eigenvalue weighted by molar-refractivity contribution is 6.13. The first-order chi connectivity index (χ1) is 31.2. The minimum absolute atomic E-state index is 0.550. The van der Waals surface area contributed by atoms with Crippen LogP contribution in [0.3, 0.4) is 0 Å². The van der Waals surface area contributed by atoms with Crippen molar-refractivity contribution in [1.29, 1.82) is 0 Å². The Kier molecular flexibility index (Phi) is 7.80. The lowest BCUT2D eigenvalue weighted by Crippen LogP contribution is -2.00. The molecule has 0 unspecified atom stereocenters. The second-order valence-corrected chi connectivity index (χ2v) is 16.0. The number of nitrogens with zero attached hydrogens (tertiary/aromatic N) is 4. The van der Waals surface area contributed by atoms with Gasteiger partial charge in [-0.2, -0.15) is 0 Å². The van der Waals surface area contributed by atoms with Gasteiger partial charge in [0.2, 0.25) is 0 Å². The summed E-state index contributed by atoms with van der Waals surface area (Å²) in [5.41, 5.74) is 13.6. The summed E-state index contributed by atoms with van der Waals surface area (Å²) in [4.78, 5) is 15.3. The van der Waals surface area contributed by atoms with E-state index in [0.717, 1.165) is 94.0 Å². The van der Waals surface area contributed by atoms with Crippen LogP contribution in [0.1, 0.15) is 0 Å². The molecule has 0 radical (unpaired) electrons. The van der Waals surface area contributed by atoms with E-state index in [1.165, 1.54) is 16.3 Å². The molecular weight excluding hydrogens is 773 g/mol. The summed E-state index contributed by atoms with van der Waals surface area (Å²) in [6, 6.07) is 71.6. The second kappa shape index (κ2) is 14.0. The van der Waals surface area contributed by atoms with Crippen LogP contribution < -0.4 is 0 Å². The first kappa shape index (κ1) is 35.2. The van der Waals surface area contributed by atoms with E-state index in [2.05, 4.69) is 180 Å². The van der Waals surface area contributed by atoms with Gasteiger partial charge in [-0.3, -0.25) is 0 Å². The molecule has 13 aromatic rings. The Morgan fingerprint density at radius 2 is 0.810 bits per heavy atom. The molecule has 0 aliphatic rings. The maximum Gasteiger partial charge on any atom is 0.164 e. The Morgan fingerprint density at radius 3 is 1.57 bits per heavy atom. The molecule has 6 nitrogen and oxygen atoms in total. The molecule has 0 N–H and O–H groups in total. The maximum absolute atomic E-state index is 6.86. The molecule has 4 aromatic heterocycles. The van der Waals surface area contributed by atoms with Gasteiger partial charge in [-0.15, -0.1) is 0 Å². The van der Waals surface area contributed by atoms with Crippen molar-refractivity contribution in [2.45, 2.75) is 0 Å². The number of benzene rings is 9. The number of rotatable bonds is 6. The van der Waals surface area contributed by atoms with Crippen LogP contribution in [0.15, 0.2) is 215 Å². The molecule has 63 heavy (non-hydrogen) atoms. The van der Waals surface area contributed by atoms with E-state index in [0.29, 0.717) is 17.5 Å². The van der Waals surface area contributed by atoms with Crippen molar-refractivity contribution in [1.82, 2.24) is 19.5 Å². The number of para-hydroxylation sites is 4. The van der Waals surface area contributed by atoms with Crippen LogP contribution in [0, 0.1) is 0 Å². The molecular formula is C57H34N4O2. The molecule has 0 amide bonds. The maximum atomic E-state index is 6.86. The summed E-state index contributed by atoms with van der Waals surface area (Å²) in [6.45, 7) is 0. The van der Waals surface area contributed by atoms with E-state index in [4.69, 9.17) is 23.8 Å². The van der Waals surface area contributed by atoms with E-state index >= 15 is 0 Å². The van der Waals surface area contributed by atoms with Gasteiger partial charge >= 0.3 is 0 Å². The van der Waals surface area contributed by atoms with Crippen molar-refractivity contribution >= 4 is 65.7 Å². The third-order valence-electron chi connectivity index (χ3n) is 12.3. The summed E-state index contributed by atoms with van der Waals surface area (Å²) in [5, 5.41) is 6.63. The zero-order valence-electron chi connectivity index (χ0n) is 33.7. The highest BCUT2D eigenvalue weighted by Crippen LogP contribution is 2.41. The van der Waals surface area contributed by atoms with Crippen LogP contribution in [0.5, 0.6) is 0 Å². The molecule has 0 bridgehead atoms. The number of hydrogen-bond acceptors (Lipinski definition) is 5. The van der Waals surface area contributed by atoms with E-state index < -0.39 is 0 Å². The molecule has 13 rings (SSSR count). The van der Waals surface area contributed by atoms with Crippen LogP contribution >= 0.6 is 0 Å². The fourth-order valence-electron chi connectivity index (χ4n) is 9.23. The van der Waals surface area contributed by atoms with Gasteiger partial charge in [-0.1, -0.05) is 152 Å². The predicted molar refractivity (Wildman–Crippen MR) is 256 cm³/mol. The fourth-order valence-corrected chi connectivity index (χ4v) is 9.23. The zero-order chi connectivity index (χ0) is 41.4. The first-order valence-corrected chi connectivity index (χ1v) is 21.1. The second-order valence-electron chi connectivity index (χ2n) is 16.0. The minimum atomic E-state index is 0.550. The summed E-state index contributed by atoms with van der Waals surface area (Å²) in [6.07, 6.45) is 0. The van der Waals surface area contributed by atoms with Gasteiger partial charge in [-0.25, -0.2) is 15.0 Å². The van der Waals surface area contributed by atoms with E-state index in [9.17, 15) is 0 Å². The molecule has 0 spiro atoms. The van der Waals surface area contributed by atoms with Crippen molar-refractivity contribution in [2.75, 3.05) is 0 Å². The molecule has 0 saturated carbocycles. The highest BCUT2D eigenvalue weighted by Gasteiger charge is 2.19. The van der Waals surface area contributed by atoms with Crippen molar-refractivity contribution < 1.29 is 8.83 Å². The van der Waals surface area contributed by atoms with E-state index in [-0.39, 0.29) is 0 Å². The summed E-state index contributed by atoms with van der Waals surface area (Å²) >= 11 is 0.